The van der Waals surface area contributed by atoms with Gasteiger partial charge in [0.15, 0.2) is 11.5 Å². The number of nitriles is 1. The second kappa shape index (κ2) is 7.08. The SMILES string of the molecule is CNCC(=Cc1cc(C#N)cc(OC)c1O)B1OC(C)(C)C(C)(C)O1. The maximum Gasteiger partial charge on any atom is 0.491 e. The highest BCUT2D eigenvalue weighted by Crippen LogP contribution is 2.39. The van der Waals surface area contributed by atoms with E-state index < -0.39 is 18.3 Å². The zero-order valence-electron chi connectivity index (χ0n) is 15.6. The summed E-state index contributed by atoms with van der Waals surface area (Å²) in [7, 11) is 2.73. The highest BCUT2D eigenvalue weighted by Gasteiger charge is 2.52. The number of rotatable bonds is 5. The molecule has 1 aromatic rings. The van der Waals surface area contributed by atoms with Gasteiger partial charge in [0.1, 0.15) is 0 Å². The first-order valence-corrected chi connectivity index (χ1v) is 8.17. The number of nitrogens with one attached hydrogen (secondary N) is 1. The summed E-state index contributed by atoms with van der Waals surface area (Å²) in [6.45, 7) is 8.46. The number of ether oxygens (including phenoxy) is 1. The van der Waals surface area contributed by atoms with E-state index in [0.717, 1.165) is 5.47 Å². The molecular weight excluding hydrogens is 319 g/mol. The number of nitrogens with zero attached hydrogens (tertiary/aromatic N) is 1. The van der Waals surface area contributed by atoms with Crippen LogP contribution in [-0.2, 0) is 9.31 Å². The zero-order chi connectivity index (χ0) is 18.8. The molecule has 0 spiro atoms. The number of phenols is 1. The quantitative estimate of drug-likeness (QED) is 0.799. The van der Waals surface area contributed by atoms with Crippen molar-refractivity contribution in [3.8, 4) is 17.6 Å². The topological polar surface area (TPSA) is 83.7 Å². The fourth-order valence-corrected chi connectivity index (χ4v) is 2.56. The Bertz CT molecular complexity index is 707. The number of hydrogen-bond donors (Lipinski definition) is 2. The molecule has 0 saturated carbocycles. The van der Waals surface area contributed by atoms with Crippen molar-refractivity contribution in [1.82, 2.24) is 5.32 Å². The number of phenolic OH excluding ortho intramolecular Hbond substituents is 1. The second-order valence-corrected chi connectivity index (χ2v) is 7.07. The third-order valence-electron chi connectivity index (χ3n) is 4.73. The Kier molecular flexibility index (Phi) is 5.47. The van der Waals surface area contributed by atoms with Gasteiger partial charge in [0.05, 0.1) is 29.9 Å². The minimum Gasteiger partial charge on any atom is -0.504 e. The highest BCUT2D eigenvalue weighted by atomic mass is 16.7. The molecule has 1 aromatic carbocycles. The Balaban J connectivity index is 2.47. The van der Waals surface area contributed by atoms with Gasteiger partial charge in [-0.1, -0.05) is 6.08 Å². The van der Waals surface area contributed by atoms with Gasteiger partial charge in [-0.25, -0.2) is 0 Å². The fraction of sp³-hybridized carbons (Fsp3) is 0.500. The summed E-state index contributed by atoms with van der Waals surface area (Å²) in [5.41, 5.74) is 0.778. The number of aromatic hydroxyl groups is 1. The van der Waals surface area contributed by atoms with Gasteiger partial charge < -0.3 is 24.5 Å². The summed E-state index contributed by atoms with van der Waals surface area (Å²) in [6.07, 6.45) is 1.78. The Hall–Kier alpha value is -2.01. The van der Waals surface area contributed by atoms with Crippen molar-refractivity contribution in [3.63, 3.8) is 0 Å². The molecule has 134 valence electrons. The van der Waals surface area contributed by atoms with Crippen LogP contribution in [0.25, 0.3) is 6.08 Å². The van der Waals surface area contributed by atoms with Gasteiger partial charge in [-0.3, -0.25) is 0 Å². The van der Waals surface area contributed by atoms with Crippen LogP contribution in [0.3, 0.4) is 0 Å². The molecule has 1 aliphatic heterocycles. The first kappa shape index (κ1) is 19.3. The monoisotopic (exact) mass is 344 g/mol. The predicted molar refractivity (Wildman–Crippen MR) is 97.4 cm³/mol. The highest BCUT2D eigenvalue weighted by molar-refractivity contribution is 6.56. The zero-order valence-corrected chi connectivity index (χ0v) is 15.6. The van der Waals surface area contributed by atoms with Crippen LogP contribution >= 0.6 is 0 Å². The minimum atomic E-state index is -0.548. The van der Waals surface area contributed by atoms with Crippen LogP contribution in [0.15, 0.2) is 17.6 Å². The Labute approximate surface area is 149 Å². The Morgan fingerprint density at radius 3 is 2.40 bits per heavy atom. The molecule has 0 aromatic heterocycles. The molecule has 1 heterocycles. The van der Waals surface area contributed by atoms with Crippen LogP contribution in [0.1, 0.15) is 38.8 Å². The Morgan fingerprint density at radius 2 is 1.92 bits per heavy atom. The third kappa shape index (κ3) is 3.82. The van der Waals surface area contributed by atoms with Crippen molar-refractivity contribution >= 4 is 13.2 Å². The summed E-state index contributed by atoms with van der Waals surface area (Å²) >= 11 is 0. The van der Waals surface area contributed by atoms with Crippen LogP contribution in [0.4, 0.5) is 0 Å². The number of methoxy groups -OCH3 is 1. The first-order valence-electron chi connectivity index (χ1n) is 8.17. The molecule has 2 N–H and O–H groups in total. The summed E-state index contributed by atoms with van der Waals surface area (Å²) in [5, 5.41) is 22.7. The number of likely N-dealkylation sites (N-methyl/N-ethyl adjacent to an activating group) is 1. The van der Waals surface area contributed by atoms with Crippen molar-refractivity contribution in [2.45, 2.75) is 38.9 Å². The molecule has 2 rings (SSSR count). The maximum atomic E-state index is 10.4. The van der Waals surface area contributed by atoms with E-state index in [1.54, 1.807) is 12.1 Å². The largest absolute Gasteiger partial charge is 0.504 e. The van der Waals surface area contributed by atoms with Crippen LogP contribution in [-0.4, -0.2) is 44.1 Å². The average Bonchev–Trinajstić information content (AvgIpc) is 2.76. The summed E-state index contributed by atoms with van der Waals surface area (Å²) < 4.78 is 17.3. The lowest BCUT2D eigenvalue weighted by atomic mass is 9.77. The van der Waals surface area contributed by atoms with Crippen molar-refractivity contribution in [1.29, 1.82) is 5.26 Å². The number of benzene rings is 1. The summed E-state index contributed by atoms with van der Waals surface area (Å²) in [4.78, 5) is 0. The average molecular weight is 344 g/mol. The van der Waals surface area contributed by atoms with Crippen molar-refractivity contribution in [2.24, 2.45) is 0 Å². The van der Waals surface area contributed by atoms with E-state index in [0.29, 0.717) is 17.7 Å². The lowest BCUT2D eigenvalue weighted by molar-refractivity contribution is 0.00578. The Morgan fingerprint density at radius 1 is 1.32 bits per heavy atom. The van der Waals surface area contributed by atoms with Gasteiger partial charge in [0.2, 0.25) is 0 Å². The molecule has 1 aliphatic rings. The first-order chi connectivity index (χ1) is 11.6. The van der Waals surface area contributed by atoms with Gasteiger partial charge in [0, 0.05) is 18.2 Å². The van der Waals surface area contributed by atoms with Gasteiger partial charge in [-0.05, 0) is 46.3 Å². The molecule has 0 atom stereocenters. The van der Waals surface area contributed by atoms with Gasteiger partial charge in [0.25, 0.3) is 0 Å². The van der Waals surface area contributed by atoms with Gasteiger partial charge >= 0.3 is 7.12 Å². The van der Waals surface area contributed by atoms with Crippen LogP contribution in [0.2, 0.25) is 0 Å². The molecule has 0 amide bonds. The van der Waals surface area contributed by atoms with Crippen molar-refractivity contribution in [2.75, 3.05) is 20.7 Å². The van der Waals surface area contributed by atoms with Crippen LogP contribution in [0, 0.1) is 11.3 Å². The van der Waals surface area contributed by atoms with Gasteiger partial charge in [-0.2, -0.15) is 5.26 Å². The van der Waals surface area contributed by atoms with Gasteiger partial charge in [-0.15, -0.1) is 0 Å². The van der Waals surface area contributed by atoms with Crippen LogP contribution < -0.4 is 10.1 Å². The maximum absolute atomic E-state index is 10.4. The molecule has 0 radical (unpaired) electrons. The molecule has 0 aliphatic carbocycles. The molecule has 1 fully saturated rings. The second-order valence-electron chi connectivity index (χ2n) is 7.07. The van der Waals surface area contributed by atoms with Crippen molar-refractivity contribution < 1.29 is 19.2 Å². The molecule has 7 heteroatoms. The molecule has 6 nitrogen and oxygen atoms in total. The molecule has 0 bridgehead atoms. The lowest BCUT2D eigenvalue weighted by Crippen LogP contribution is -2.41. The summed E-state index contributed by atoms with van der Waals surface area (Å²) in [5.74, 6) is 0.231. The van der Waals surface area contributed by atoms with E-state index in [9.17, 15) is 10.4 Å². The fourth-order valence-electron chi connectivity index (χ4n) is 2.56. The lowest BCUT2D eigenvalue weighted by Gasteiger charge is -2.32. The van der Waals surface area contributed by atoms with E-state index in [-0.39, 0.29) is 11.5 Å². The normalized spacial score (nSPS) is 18.9. The van der Waals surface area contributed by atoms with E-state index in [1.807, 2.05) is 34.7 Å². The van der Waals surface area contributed by atoms with E-state index in [2.05, 4.69) is 11.4 Å². The predicted octanol–water partition coefficient (Wildman–Crippen LogP) is 2.51. The smallest absolute Gasteiger partial charge is 0.491 e. The molecule has 1 saturated heterocycles. The molecule has 0 unspecified atom stereocenters. The van der Waals surface area contributed by atoms with Crippen LogP contribution in [0.5, 0.6) is 11.5 Å². The number of hydrogen-bond acceptors (Lipinski definition) is 6. The van der Waals surface area contributed by atoms with Crippen molar-refractivity contribution in [3.05, 3.63) is 28.7 Å². The van der Waals surface area contributed by atoms with E-state index in [4.69, 9.17) is 14.0 Å². The van der Waals surface area contributed by atoms with E-state index in [1.165, 1.54) is 13.2 Å². The van der Waals surface area contributed by atoms with E-state index >= 15 is 0 Å². The molecule has 25 heavy (non-hydrogen) atoms. The standard InChI is InChI=1S/C18H25BN2O4/c1-17(2)18(3,4)25-19(24-17)14(11-21-5)9-13-7-12(10-20)8-15(23-6)16(13)22/h7-9,21-22H,11H2,1-6H3. The summed E-state index contributed by atoms with van der Waals surface area (Å²) in [6, 6.07) is 5.18. The third-order valence-corrected chi connectivity index (χ3v) is 4.73. The molecular formula is C18H25BN2O4. The minimum absolute atomic E-state index is 0.0216.